The van der Waals surface area contributed by atoms with Gasteiger partial charge in [0.05, 0.1) is 17.2 Å². The zero-order chi connectivity index (χ0) is 26.6. The molecule has 0 radical (unpaired) electrons. The van der Waals surface area contributed by atoms with Crippen LogP contribution in [0.2, 0.25) is 5.02 Å². The summed E-state index contributed by atoms with van der Waals surface area (Å²) in [5.74, 6) is -1.34. The van der Waals surface area contributed by atoms with Crippen LogP contribution in [-0.4, -0.2) is 30.7 Å². The molecule has 0 saturated carbocycles. The quantitative estimate of drug-likeness (QED) is 0.191. The third kappa shape index (κ3) is 6.32. The van der Waals surface area contributed by atoms with Crippen molar-refractivity contribution < 1.29 is 27.1 Å². The number of halogens is 5. The molecule has 0 spiro atoms. The number of nitrogens with zero attached hydrogens (tertiary/aromatic N) is 1. The minimum atomic E-state index is -4.64. The van der Waals surface area contributed by atoms with Crippen LogP contribution >= 0.6 is 11.6 Å². The molecule has 0 aliphatic heterocycles. The van der Waals surface area contributed by atoms with Gasteiger partial charge in [-0.3, -0.25) is 4.79 Å². The molecule has 4 rings (SSSR count). The first kappa shape index (κ1) is 26.7. The van der Waals surface area contributed by atoms with Gasteiger partial charge in [0.25, 0.3) is 0 Å². The number of benzene rings is 3. The van der Waals surface area contributed by atoms with E-state index in [2.05, 4.69) is 5.32 Å². The van der Waals surface area contributed by atoms with E-state index in [1.807, 2.05) is 35.0 Å². The van der Waals surface area contributed by atoms with Crippen molar-refractivity contribution >= 4 is 28.4 Å². The summed E-state index contributed by atoms with van der Waals surface area (Å²) in [6.07, 6.45) is -2.87. The number of carbonyl (C=O) groups is 1. The monoisotopic (exact) mass is 532 g/mol. The van der Waals surface area contributed by atoms with Crippen LogP contribution in [0.4, 0.5) is 17.6 Å². The van der Waals surface area contributed by atoms with Crippen molar-refractivity contribution in [1.29, 1.82) is 0 Å². The molecule has 3 aromatic carbocycles. The molecule has 1 amide bonds. The fourth-order valence-corrected chi connectivity index (χ4v) is 4.63. The van der Waals surface area contributed by atoms with Gasteiger partial charge in [-0.25, -0.2) is 4.39 Å². The molecule has 0 unspecified atom stereocenters. The Labute approximate surface area is 216 Å². The SMILES string of the molecule is COCCNC(=O)C[C@H](c1ccc(Cl)c(C(F)(F)F)c1)c1cn(Cc2ccc(F)cc2)c2ccccc12. The highest BCUT2D eigenvalue weighted by atomic mass is 35.5. The van der Waals surface area contributed by atoms with E-state index in [9.17, 15) is 22.4 Å². The lowest BCUT2D eigenvalue weighted by Gasteiger charge is -2.19. The summed E-state index contributed by atoms with van der Waals surface area (Å²) in [7, 11) is 1.51. The largest absolute Gasteiger partial charge is 0.417 e. The highest BCUT2D eigenvalue weighted by Gasteiger charge is 2.34. The van der Waals surface area contributed by atoms with Crippen molar-refractivity contribution in [2.45, 2.75) is 25.1 Å². The third-order valence-electron chi connectivity index (χ3n) is 6.18. The Morgan fingerprint density at radius 2 is 1.81 bits per heavy atom. The first-order valence-corrected chi connectivity index (χ1v) is 12.0. The summed E-state index contributed by atoms with van der Waals surface area (Å²) >= 11 is 5.88. The van der Waals surface area contributed by atoms with Crippen LogP contribution in [0.5, 0.6) is 0 Å². The van der Waals surface area contributed by atoms with Gasteiger partial charge in [-0.05, 0) is 47.0 Å². The molecule has 1 heterocycles. The number of hydrogen-bond donors (Lipinski definition) is 1. The van der Waals surface area contributed by atoms with Gasteiger partial charge in [-0.15, -0.1) is 0 Å². The average Bonchev–Trinajstić information content (AvgIpc) is 3.22. The number of alkyl halides is 3. The first-order chi connectivity index (χ1) is 17.7. The Kier molecular flexibility index (Phi) is 8.19. The molecule has 0 aliphatic rings. The molecule has 1 N–H and O–H groups in total. The van der Waals surface area contributed by atoms with Crippen LogP contribution in [0, 0.1) is 5.82 Å². The number of methoxy groups -OCH3 is 1. The Morgan fingerprint density at radius 3 is 2.51 bits per heavy atom. The van der Waals surface area contributed by atoms with Crippen molar-refractivity contribution in [1.82, 2.24) is 9.88 Å². The molecule has 4 nitrogen and oxygen atoms in total. The minimum Gasteiger partial charge on any atom is -0.383 e. The van der Waals surface area contributed by atoms with Crippen LogP contribution in [0.3, 0.4) is 0 Å². The summed E-state index contributed by atoms with van der Waals surface area (Å²) in [5.41, 5.74) is 1.77. The standard InChI is InChI=1S/C28H25ClF4N2O2/c1-37-13-12-34-27(36)15-22(19-8-11-25(29)24(14-19)28(31,32)33)23-17-35(26-5-3-2-4-21(23)26)16-18-6-9-20(30)10-7-18/h2-11,14,17,22H,12-13,15-16H2,1H3,(H,34,36)/t22-/m1/s1. The van der Waals surface area contributed by atoms with E-state index in [1.54, 1.807) is 12.1 Å². The molecular formula is C28H25ClF4N2O2. The number of amides is 1. The molecular weight excluding hydrogens is 508 g/mol. The van der Waals surface area contributed by atoms with Crippen molar-refractivity contribution in [3.63, 3.8) is 0 Å². The number of hydrogen-bond acceptors (Lipinski definition) is 2. The molecule has 0 saturated heterocycles. The molecule has 0 bridgehead atoms. The van der Waals surface area contributed by atoms with Crippen LogP contribution < -0.4 is 5.32 Å². The molecule has 194 valence electrons. The number of aromatic nitrogens is 1. The fraction of sp³-hybridized carbons (Fsp3) is 0.250. The minimum absolute atomic E-state index is 0.0762. The van der Waals surface area contributed by atoms with Gasteiger partial charge >= 0.3 is 6.18 Å². The van der Waals surface area contributed by atoms with E-state index < -0.39 is 22.7 Å². The maximum atomic E-state index is 13.7. The molecule has 0 aliphatic carbocycles. The lowest BCUT2D eigenvalue weighted by Crippen LogP contribution is -2.28. The number of rotatable bonds is 9. The molecule has 37 heavy (non-hydrogen) atoms. The maximum Gasteiger partial charge on any atom is 0.417 e. The van der Waals surface area contributed by atoms with Gasteiger partial charge in [-0.2, -0.15) is 13.2 Å². The van der Waals surface area contributed by atoms with Crippen LogP contribution in [0.25, 0.3) is 10.9 Å². The number of nitrogens with one attached hydrogen (secondary N) is 1. The second-order valence-corrected chi connectivity index (χ2v) is 9.10. The number of fused-ring (bicyclic) bond motifs is 1. The Morgan fingerprint density at radius 1 is 1.08 bits per heavy atom. The topological polar surface area (TPSA) is 43.3 Å². The molecule has 4 aromatic rings. The Balaban J connectivity index is 1.80. The molecule has 0 fully saturated rings. The highest BCUT2D eigenvalue weighted by Crippen LogP contribution is 2.40. The summed E-state index contributed by atoms with van der Waals surface area (Å²) in [5, 5.41) is 3.16. The first-order valence-electron chi connectivity index (χ1n) is 11.6. The maximum absolute atomic E-state index is 13.7. The van der Waals surface area contributed by atoms with E-state index >= 15 is 0 Å². The van der Waals surface area contributed by atoms with E-state index in [4.69, 9.17) is 16.3 Å². The smallest absolute Gasteiger partial charge is 0.383 e. The summed E-state index contributed by atoms with van der Waals surface area (Å²) in [4.78, 5) is 12.8. The summed E-state index contributed by atoms with van der Waals surface area (Å²) in [6.45, 7) is 1.01. The van der Waals surface area contributed by atoms with Crippen LogP contribution in [0.15, 0.2) is 72.9 Å². The second-order valence-electron chi connectivity index (χ2n) is 8.69. The van der Waals surface area contributed by atoms with Crippen molar-refractivity contribution in [2.75, 3.05) is 20.3 Å². The number of carbonyl (C=O) groups excluding carboxylic acids is 1. The van der Waals surface area contributed by atoms with Crippen molar-refractivity contribution in [3.05, 3.63) is 106 Å². The predicted molar refractivity (Wildman–Crippen MR) is 135 cm³/mol. The normalized spacial score (nSPS) is 12.6. The van der Waals surface area contributed by atoms with Crippen LogP contribution in [-0.2, 0) is 22.3 Å². The Hall–Kier alpha value is -3.36. The predicted octanol–water partition coefficient (Wildman–Crippen LogP) is 6.79. The van der Waals surface area contributed by atoms with Gasteiger partial charge in [0, 0.05) is 49.6 Å². The number of ether oxygens (including phenoxy) is 1. The van der Waals surface area contributed by atoms with E-state index in [-0.39, 0.29) is 24.7 Å². The molecule has 9 heteroatoms. The van der Waals surface area contributed by atoms with Gasteiger partial charge in [-0.1, -0.05) is 48.0 Å². The van der Waals surface area contributed by atoms with E-state index in [1.165, 1.54) is 31.4 Å². The lowest BCUT2D eigenvalue weighted by atomic mass is 9.87. The third-order valence-corrected chi connectivity index (χ3v) is 6.51. The van der Waals surface area contributed by atoms with Gasteiger partial charge in [0.2, 0.25) is 5.91 Å². The second kappa shape index (κ2) is 11.4. The zero-order valence-electron chi connectivity index (χ0n) is 20.0. The zero-order valence-corrected chi connectivity index (χ0v) is 20.7. The summed E-state index contributed by atoms with van der Waals surface area (Å²) < 4.78 is 61.4. The molecule has 1 atom stereocenters. The van der Waals surface area contributed by atoms with Gasteiger partial charge in [0.15, 0.2) is 0 Å². The lowest BCUT2D eigenvalue weighted by molar-refractivity contribution is -0.137. The Bertz CT molecular complexity index is 1380. The van der Waals surface area contributed by atoms with Crippen molar-refractivity contribution in [3.8, 4) is 0 Å². The number of para-hydroxylation sites is 1. The molecule has 1 aromatic heterocycles. The van der Waals surface area contributed by atoms with E-state index in [0.717, 1.165) is 22.5 Å². The van der Waals surface area contributed by atoms with Crippen molar-refractivity contribution in [2.24, 2.45) is 0 Å². The van der Waals surface area contributed by atoms with Gasteiger partial charge in [0.1, 0.15) is 5.82 Å². The average molecular weight is 533 g/mol. The van der Waals surface area contributed by atoms with Gasteiger partial charge < -0.3 is 14.6 Å². The van der Waals surface area contributed by atoms with E-state index in [0.29, 0.717) is 24.3 Å². The summed E-state index contributed by atoms with van der Waals surface area (Å²) in [6, 6.07) is 17.4. The van der Waals surface area contributed by atoms with Crippen LogP contribution in [0.1, 0.15) is 34.6 Å². The highest BCUT2D eigenvalue weighted by molar-refractivity contribution is 6.31. The fourth-order valence-electron chi connectivity index (χ4n) is 4.40.